The van der Waals surface area contributed by atoms with Crippen molar-refractivity contribution in [2.75, 3.05) is 18.4 Å². The molecule has 1 saturated carbocycles. The summed E-state index contributed by atoms with van der Waals surface area (Å²) in [6, 6.07) is 6.16. The van der Waals surface area contributed by atoms with E-state index in [-0.39, 0.29) is 11.3 Å². The van der Waals surface area contributed by atoms with Gasteiger partial charge in [-0.1, -0.05) is 25.5 Å². The van der Waals surface area contributed by atoms with E-state index < -0.39 is 0 Å². The Balaban J connectivity index is 1.16. The molecule has 6 rings (SSSR count). The van der Waals surface area contributed by atoms with Crippen molar-refractivity contribution in [2.45, 2.75) is 51.5 Å². The van der Waals surface area contributed by atoms with E-state index in [4.69, 9.17) is 0 Å². The first kappa shape index (κ1) is 19.5. The smallest absolute Gasteiger partial charge is 0.257 e. The third-order valence-electron chi connectivity index (χ3n) is 7.62. The van der Waals surface area contributed by atoms with Crippen LogP contribution in [0.2, 0.25) is 0 Å². The second kappa shape index (κ2) is 7.15. The molecule has 3 aliphatic rings. The van der Waals surface area contributed by atoms with Crippen molar-refractivity contribution >= 4 is 28.4 Å². The Morgan fingerprint density at radius 3 is 2.78 bits per heavy atom. The van der Waals surface area contributed by atoms with Gasteiger partial charge in [-0.15, -0.1) is 0 Å². The summed E-state index contributed by atoms with van der Waals surface area (Å²) in [6.07, 6.45) is 11.8. The molecule has 4 heterocycles. The highest BCUT2D eigenvalue weighted by molar-refractivity contribution is 6.23. The number of hydrogen-bond donors (Lipinski definition) is 1. The highest BCUT2D eigenvalue weighted by Crippen LogP contribution is 2.42. The van der Waals surface area contributed by atoms with Crippen LogP contribution in [0.4, 0.5) is 5.82 Å². The second-order valence-corrected chi connectivity index (χ2v) is 9.76. The molecule has 2 fully saturated rings. The van der Waals surface area contributed by atoms with E-state index in [9.17, 15) is 9.59 Å². The lowest BCUT2D eigenvalue weighted by molar-refractivity contribution is -0.147. The maximum Gasteiger partial charge on any atom is 0.257 e. The summed E-state index contributed by atoms with van der Waals surface area (Å²) in [6.45, 7) is 3.74. The number of anilines is 1. The minimum Gasteiger partial charge on any atom is -0.342 e. The molecule has 0 spiro atoms. The molecule has 32 heavy (non-hydrogen) atoms. The molecule has 7 heteroatoms. The van der Waals surface area contributed by atoms with Gasteiger partial charge >= 0.3 is 0 Å². The minimum absolute atomic E-state index is 0.0841. The Hall–Kier alpha value is -3.22. The van der Waals surface area contributed by atoms with Crippen molar-refractivity contribution < 1.29 is 9.59 Å². The molecule has 1 aromatic carbocycles. The topological polar surface area (TPSA) is 80.1 Å². The van der Waals surface area contributed by atoms with E-state index in [1.807, 2.05) is 24.5 Å². The van der Waals surface area contributed by atoms with E-state index in [2.05, 4.69) is 44.2 Å². The summed E-state index contributed by atoms with van der Waals surface area (Å²) in [5, 5.41) is 9.47. The summed E-state index contributed by atoms with van der Waals surface area (Å²) in [5.74, 6) is 0.909. The first-order valence-corrected chi connectivity index (χ1v) is 11.6. The molecule has 1 aliphatic carbocycles. The Morgan fingerprint density at radius 1 is 1.22 bits per heavy atom. The van der Waals surface area contributed by atoms with Crippen LogP contribution in [0.15, 0.2) is 36.8 Å². The molecule has 3 aromatic rings. The molecule has 164 valence electrons. The van der Waals surface area contributed by atoms with Crippen LogP contribution >= 0.6 is 0 Å². The summed E-state index contributed by atoms with van der Waals surface area (Å²) < 4.78 is 2.07. The number of pyridine rings is 1. The first-order valence-electron chi connectivity index (χ1n) is 11.6. The number of piperidine rings is 1. The predicted molar refractivity (Wildman–Crippen MR) is 122 cm³/mol. The van der Waals surface area contributed by atoms with Gasteiger partial charge < -0.3 is 10.2 Å². The number of likely N-dealkylation sites (tertiary alicyclic amines) is 1. The van der Waals surface area contributed by atoms with E-state index in [0.29, 0.717) is 23.3 Å². The van der Waals surface area contributed by atoms with Crippen molar-refractivity contribution in [3.05, 3.63) is 53.5 Å². The molecule has 0 atom stereocenters. The lowest BCUT2D eigenvalue weighted by atomic mass is 9.69. The van der Waals surface area contributed by atoms with E-state index >= 15 is 0 Å². The third kappa shape index (κ3) is 3.02. The first-order chi connectivity index (χ1) is 15.5. The molecular weight excluding hydrogens is 402 g/mol. The normalized spacial score (nSPS) is 19.8. The van der Waals surface area contributed by atoms with Crippen LogP contribution in [0.3, 0.4) is 0 Å². The molecule has 0 radical (unpaired) electrons. The number of hydrogen-bond acceptors (Lipinski definition) is 4. The zero-order chi connectivity index (χ0) is 21.9. The zero-order valence-corrected chi connectivity index (χ0v) is 18.3. The highest BCUT2D eigenvalue weighted by atomic mass is 16.2. The largest absolute Gasteiger partial charge is 0.342 e. The predicted octanol–water partition coefficient (Wildman–Crippen LogP) is 3.94. The van der Waals surface area contributed by atoms with Crippen molar-refractivity contribution in [3.8, 4) is 0 Å². The number of carbonyl (C=O) groups excluding carboxylic acids is 2. The molecule has 0 bridgehead atoms. The lowest BCUT2D eigenvalue weighted by Crippen LogP contribution is -2.49. The fourth-order valence-corrected chi connectivity index (χ4v) is 5.48. The summed E-state index contributed by atoms with van der Waals surface area (Å²) in [4.78, 5) is 31.5. The fourth-order valence-electron chi connectivity index (χ4n) is 5.48. The SMILES string of the molecule is CC1(C(=O)N2CCC(n3cc(Cc4cnc5c6c(cccc46)C(=O)N5)cn3)CC2)CCC1. The van der Waals surface area contributed by atoms with Crippen LogP contribution in [0.5, 0.6) is 0 Å². The zero-order valence-electron chi connectivity index (χ0n) is 18.3. The average molecular weight is 430 g/mol. The Bertz CT molecular complexity index is 1230. The average Bonchev–Trinajstić information content (AvgIpc) is 3.39. The van der Waals surface area contributed by atoms with Crippen LogP contribution in [0.1, 0.15) is 66.6 Å². The van der Waals surface area contributed by atoms with Crippen LogP contribution in [-0.4, -0.2) is 44.6 Å². The molecule has 1 saturated heterocycles. The lowest BCUT2D eigenvalue weighted by Gasteiger charge is -2.43. The van der Waals surface area contributed by atoms with Crippen molar-refractivity contribution in [1.82, 2.24) is 19.7 Å². The number of carbonyl (C=O) groups is 2. The van der Waals surface area contributed by atoms with Gasteiger partial charge in [0.15, 0.2) is 0 Å². The van der Waals surface area contributed by atoms with E-state index in [0.717, 1.165) is 67.1 Å². The maximum absolute atomic E-state index is 12.8. The Labute approximate surface area is 186 Å². The Kier molecular flexibility index (Phi) is 4.35. The number of nitrogens with one attached hydrogen (secondary N) is 1. The van der Waals surface area contributed by atoms with E-state index in [1.165, 1.54) is 6.42 Å². The van der Waals surface area contributed by atoms with Gasteiger partial charge in [0.25, 0.3) is 5.91 Å². The highest BCUT2D eigenvalue weighted by Gasteiger charge is 2.42. The number of aromatic nitrogens is 3. The van der Waals surface area contributed by atoms with Gasteiger partial charge in [0, 0.05) is 42.7 Å². The fraction of sp³-hybridized carbons (Fsp3) is 0.440. The quantitative estimate of drug-likeness (QED) is 0.681. The van der Waals surface area contributed by atoms with Crippen molar-refractivity contribution in [1.29, 1.82) is 0 Å². The molecule has 0 unspecified atom stereocenters. The summed E-state index contributed by atoms with van der Waals surface area (Å²) in [7, 11) is 0. The van der Waals surface area contributed by atoms with Gasteiger partial charge in [0.2, 0.25) is 5.91 Å². The summed E-state index contributed by atoms with van der Waals surface area (Å²) in [5.41, 5.74) is 2.81. The third-order valence-corrected chi connectivity index (χ3v) is 7.62. The molecular formula is C25H27N5O2. The van der Waals surface area contributed by atoms with Gasteiger partial charge in [0.05, 0.1) is 17.8 Å². The van der Waals surface area contributed by atoms with Gasteiger partial charge in [0.1, 0.15) is 5.82 Å². The van der Waals surface area contributed by atoms with Crippen LogP contribution in [0.25, 0.3) is 10.8 Å². The number of benzene rings is 1. The van der Waals surface area contributed by atoms with Gasteiger partial charge in [-0.2, -0.15) is 5.10 Å². The second-order valence-electron chi connectivity index (χ2n) is 9.76. The van der Waals surface area contributed by atoms with Crippen LogP contribution in [0, 0.1) is 5.41 Å². The van der Waals surface area contributed by atoms with Gasteiger partial charge in [-0.25, -0.2) is 4.98 Å². The van der Waals surface area contributed by atoms with Gasteiger partial charge in [-0.05, 0) is 48.3 Å². The molecule has 7 nitrogen and oxygen atoms in total. The number of nitrogens with zero attached hydrogens (tertiary/aromatic N) is 4. The molecule has 2 aromatic heterocycles. The van der Waals surface area contributed by atoms with Crippen molar-refractivity contribution in [2.24, 2.45) is 5.41 Å². The Morgan fingerprint density at radius 2 is 2.03 bits per heavy atom. The monoisotopic (exact) mass is 429 g/mol. The minimum atomic E-state index is -0.112. The summed E-state index contributed by atoms with van der Waals surface area (Å²) >= 11 is 0. The molecule has 2 amide bonds. The van der Waals surface area contributed by atoms with Crippen molar-refractivity contribution in [3.63, 3.8) is 0 Å². The number of rotatable bonds is 4. The molecule has 1 N–H and O–H groups in total. The van der Waals surface area contributed by atoms with Gasteiger partial charge in [-0.3, -0.25) is 14.3 Å². The maximum atomic E-state index is 12.8. The van der Waals surface area contributed by atoms with Crippen LogP contribution in [-0.2, 0) is 11.2 Å². The van der Waals surface area contributed by atoms with Crippen LogP contribution < -0.4 is 5.32 Å². The standard InChI is InChI=1S/C25H27N5O2/c1-25(8-3-9-25)24(32)29-10-6-18(7-11-29)30-15-16(13-27-30)12-17-14-26-22-21-19(17)4-2-5-20(21)23(31)28-22/h2,4-5,13-15,18H,3,6-12H2,1H3,(H,26,28,31). The van der Waals surface area contributed by atoms with E-state index in [1.54, 1.807) is 0 Å². The molecule has 2 aliphatic heterocycles. The number of amides is 2.